The molecular formula is C19H27N3O. The molecule has 0 bridgehead atoms. The minimum atomic E-state index is 0.211. The predicted octanol–water partition coefficient (Wildman–Crippen LogP) is 2.62. The van der Waals surface area contributed by atoms with E-state index in [1.807, 2.05) is 12.3 Å². The molecule has 0 spiro atoms. The van der Waals surface area contributed by atoms with Gasteiger partial charge >= 0.3 is 0 Å². The number of carbonyl (C=O) groups is 1. The SMILES string of the molecule is O=C([C@@H]1CCCN(C2CCCC2)C1)N1CCc2ncccc2C1. The number of aromatic nitrogens is 1. The molecule has 1 amide bonds. The predicted molar refractivity (Wildman–Crippen MR) is 89.9 cm³/mol. The van der Waals surface area contributed by atoms with E-state index in [0.717, 1.165) is 38.5 Å². The minimum absolute atomic E-state index is 0.211. The van der Waals surface area contributed by atoms with Gasteiger partial charge in [-0.3, -0.25) is 14.7 Å². The number of nitrogens with zero attached hydrogens (tertiary/aromatic N) is 3. The van der Waals surface area contributed by atoms with Crippen molar-refractivity contribution in [3.8, 4) is 0 Å². The highest BCUT2D eigenvalue weighted by atomic mass is 16.2. The zero-order valence-electron chi connectivity index (χ0n) is 13.9. The fourth-order valence-electron chi connectivity index (χ4n) is 4.62. The van der Waals surface area contributed by atoms with Crippen molar-refractivity contribution in [2.24, 2.45) is 5.92 Å². The molecule has 124 valence electrons. The van der Waals surface area contributed by atoms with E-state index in [4.69, 9.17) is 0 Å². The molecule has 0 unspecified atom stereocenters. The van der Waals surface area contributed by atoms with Crippen LogP contribution in [-0.2, 0) is 17.8 Å². The summed E-state index contributed by atoms with van der Waals surface area (Å²) in [7, 11) is 0. The summed E-state index contributed by atoms with van der Waals surface area (Å²) in [5, 5.41) is 0. The summed E-state index contributed by atoms with van der Waals surface area (Å²) in [6.07, 6.45) is 10.4. The Kier molecular flexibility index (Phi) is 4.34. The van der Waals surface area contributed by atoms with Gasteiger partial charge < -0.3 is 4.90 Å². The number of pyridine rings is 1. The number of hydrogen-bond acceptors (Lipinski definition) is 3. The Hall–Kier alpha value is -1.42. The van der Waals surface area contributed by atoms with Crippen molar-refractivity contribution >= 4 is 5.91 Å². The Bertz CT molecular complexity index is 567. The summed E-state index contributed by atoms with van der Waals surface area (Å²) in [6, 6.07) is 4.85. The van der Waals surface area contributed by atoms with Crippen LogP contribution in [0.1, 0.15) is 49.8 Å². The molecule has 23 heavy (non-hydrogen) atoms. The molecular weight excluding hydrogens is 286 g/mol. The second-order valence-electron chi connectivity index (χ2n) is 7.39. The summed E-state index contributed by atoms with van der Waals surface area (Å²) in [5.41, 5.74) is 2.41. The van der Waals surface area contributed by atoms with Gasteiger partial charge in [0, 0.05) is 44.0 Å². The molecule has 4 nitrogen and oxygen atoms in total. The molecule has 0 aromatic carbocycles. The quantitative estimate of drug-likeness (QED) is 0.842. The van der Waals surface area contributed by atoms with E-state index in [1.54, 1.807) is 0 Å². The molecule has 3 heterocycles. The zero-order valence-corrected chi connectivity index (χ0v) is 13.9. The fraction of sp³-hybridized carbons (Fsp3) is 0.684. The van der Waals surface area contributed by atoms with Crippen LogP contribution in [0.25, 0.3) is 0 Å². The van der Waals surface area contributed by atoms with Gasteiger partial charge in [-0.25, -0.2) is 0 Å². The van der Waals surface area contributed by atoms with Crippen LogP contribution in [0, 0.1) is 5.92 Å². The molecule has 1 saturated heterocycles. The first-order chi connectivity index (χ1) is 11.3. The van der Waals surface area contributed by atoms with Crippen molar-refractivity contribution < 1.29 is 4.79 Å². The van der Waals surface area contributed by atoms with Gasteiger partial charge in [0.2, 0.25) is 5.91 Å². The molecule has 1 saturated carbocycles. The summed E-state index contributed by atoms with van der Waals surface area (Å²) in [6.45, 7) is 3.77. The van der Waals surface area contributed by atoms with Gasteiger partial charge in [-0.2, -0.15) is 0 Å². The van der Waals surface area contributed by atoms with Crippen molar-refractivity contribution in [2.75, 3.05) is 19.6 Å². The highest BCUT2D eigenvalue weighted by Crippen LogP contribution is 2.29. The van der Waals surface area contributed by atoms with Gasteiger partial charge in [-0.05, 0) is 43.9 Å². The van der Waals surface area contributed by atoms with Crippen LogP contribution in [0.3, 0.4) is 0 Å². The largest absolute Gasteiger partial charge is 0.338 e. The van der Waals surface area contributed by atoms with E-state index in [0.29, 0.717) is 5.91 Å². The molecule has 3 aliphatic rings. The Morgan fingerprint density at radius 2 is 2.00 bits per heavy atom. The zero-order chi connectivity index (χ0) is 15.6. The lowest BCUT2D eigenvalue weighted by Gasteiger charge is -2.39. The number of hydrogen-bond donors (Lipinski definition) is 0. The lowest BCUT2D eigenvalue weighted by Crippen LogP contribution is -2.48. The maximum atomic E-state index is 13.0. The van der Waals surface area contributed by atoms with E-state index < -0.39 is 0 Å². The summed E-state index contributed by atoms with van der Waals surface area (Å²) in [4.78, 5) is 22.1. The number of rotatable bonds is 2. The Balaban J connectivity index is 1.40. The van der Waals surface area contributed by atoms with Crippen LogP contribution in [0.5, 0.6) is 0 Å². The summed E-state index contributed by atoms with van der Waals surface area (Å²) in [5.74, 6) is 0.588. The van der Waals surface area contributed by atoms with Gasteiger partial charge in [-0.1, -0.05) is 18.9 Å². The van der Waals surface area contributed by atoms with Crippen LogP contribution in [0.15, 0.2) is 18.3 Å². The van der Waals surface area contributed by atoms with E-state index in [9.17, 15) is 4.79 Å². The molecule has 2 fully saturated rings. The maximum absolute atomic E-state index is 13.0. The molecule has 1 aromatic rings. The lowest BCUT2D eigenvalue weighted by atomic mass is 9.93. The third kappa shape index (κ3) is 3.14. The molecule has 4 rings (SSSR count). The molecule has 0 N–H and O–H groups in total. The van der Waals surface area contributed by atoms with Crippen LogP contribution in [0.4, 0.5) is 0 Å². The Labute approximate surface area is 138 Å². The van der Waals surface area contributed by atoms with Gasteiger partial charge in [0.25, 0.3) is 0 Å². The number of amides is 1. The van der Waals surface area contributed by atoms with Gasteiger partial charge in [-0.15, -0.1) is 0 Å². The topological polar surface area (TPSA) is 36.4 Å². The molecule has 1 aromatic heterocycles. The molecule has 1 atom stereocenters. The molecule has 1 aliphatic carbocycles. The van der Waals surface area contributed by atoms with E-state index in [1.165, 1.54) is 49.9 Å². The number of likely N-dealkylation sites (tertiary alicyclic amines) is 1. The number of piperidine rings is 1. The van der Waals surface area contributed by atoms with Crippen molar-refractivity contribution in [3.63, 3.8) is 0 Å². The van der Waals surface area contributed by atoms with Crippen molar-refractivity contribution in [1.82, 2.24) is 14.8 Å². The lowest BCUT2D eigenvalue weighted by molar-refractivity contribution is -0.138. The van der Waals surface area contributed by atoms with Gasteiger partial charge in [0.05, 0.1) is 5.92 Å². The van der Waals surface area contributed by atoms with E-state index >= 15 is 0 Å². The van der Waals surface area contributed by atoms with Crippen molar-refractivity contribution in [1.29, 1.82) is 0 Å². The van der Waals surface area contributed by atoms with Crippen molar-refractivity contribution in [2.45, 2.75) is 57.5 Å². The highest BCUT2D eigenvalue weighted by Gasteiger charge is 2.34. The van der Waals surface area contributed by atoms with Crippen LogP contribution in [-0.4, -0.2) is 46.4 Å². The van der Waals surface area contributed by atoms with Crippen LogP contribution in [0.2, 0.25) is 0 Å². The second kappa shape index (κ2) is 6.60. The molecule has 2 aliphatic heterocycles. The van der Waals surface area contributed by atoms with E-state index in [-0.39, 0.29) is 5.92 Å². The second-order valence-corrected chi connectivity index (χ2v) is 7.39. The normalized spacial score (nSPS) is 26.3. The summed E-state index contributed by atoms with van der Waals surface area (Å²) >= 11 is 0. The van der Waals surface area contributed by atoms with Gasteiger partial charge in [0.15, 0.2) is 0 Å². The average Bonchev–Trinajstić information content (AvgIpc) is 3.15. The molecule has 4 heteroatoms. The fourth-order valence-corrected chi connectivity index (χ4v) is 4.62. The smallest absolute Gasteiger partial charge is 0.227 e. The Morgan fingerprint density at radius 1 is 1.13 bits per heavy atom. The van der Waals surface area contributed by atoms with Gasteiger partial charge in [0.1, 0.15) is 0 Å². The average molecular weight is 313 g/mol. The standard InChI is InChI=1S/C19H27N3O/c23-19(22-12-9-18-15(13-22)5-3-10-20-18)16-6-4-11-21(14-16)17-7-1-2-8-17/h3,5,10,16-17H,1-2,4,6-9,11-14H2/t16-/m1/s1. The monoisotopic (exact) mass is 313 g/mol. The van der Waals surface area contributed by atoms with Crippen molar-refractivity contribution in [3.05, 3.63) is 29.6 Å². The maximum Gasteiger partial charge on any atom is 0.227 e. The first-order valence-electron chi connectivity index (χ1n) is 9.27. The first-order valence-corrected chi connectivity index (χ1v) is 9.27. The highest BCUT2D eigenvalue weighted by molar-refractivity contribution is 5.79. The minimum Gasteiger partial charge on any atom is -0.338 e. The third-order valence-electron chi connectivity index (χ3n) is 5.92. The van der Waals surface area contributed by atoms with Crippen LogP contribution >= 0.6 is 0 Å². The first kappa shape index (κ1) is 15.1. The number of carbonyl (C=O) groups excluding carboxylic acids is 1. The number of fused-ring (bicyclic) bond motifs is 1. The van der Waals surface area contributed by atoms with Crippen LogP contribution < -0.4 is 0 Å². The third-order valence-corrected chi connectivity index (χ3v) is 5.92. The molecule has 0 radical (unpaired) electrons. The summed E-state index contributed by atoms with van der Waals surface area (Å²) < 4.78 is 0. The Morgan fingerprint density at radius 3 is 2.87 bits per heavy atom. The van der Waals surface area contributed by atoms with E-state index in [2.05, 4.69) is 20.9 Å².